The largest absolute Gasteiger partial charge is 0.508 e. The van der Waals surface area contributed by atoms with Gasteiger partial charge in [0.2, 0.25) is 0 Å². The molecule has 0 unspecified atom stereocenters. The van der Waals surface area contributed by atoms with Crippen molar-refractivity contribution in [2.45, 2.75) is 6.92 Å². The summed E-state index contributed by atoms with van der Waals surface area (Å²) in [4.78, 5) is 12.1. The van der Waals surface area contributed by atoms with Crippen LogP contribution in [0.25, 0.3) is 0 Å². The van der Waals surface area contributed by atoms with E-state index in [1.807, 2.05) is 6.92 Å². The zero-order valence-corrected chi connectivity index (χ0v) is 8.42. The van der Waals surface area contributed by atoms with Crippen molar-refractivity contribution < 1.29 is 15.0 Å². The number of phenolic OH excluding ortho intramolecular Hbond substituents is 1. The molecule has 1 rings (SSSR count). The van der Waals surface area contributed by atoms with E-state index >= 15 is 0 Å². The van der Waals surface area contributed by atoms with Gasteiger partial charge in [-0.2, -0.15) is 0 Å². The van der Waals surface area contributed by atoms with Gasteiger partial charge >= 0.3 is 5.97 Å². The number of nitrogens with zero attached hydrogens (tertiary/aromatic N) is 1. The third kappa shape index (κ3) is 3.34. The molecule has 0 atom stereocenters. The van der Waals surface area contributed by atoms with Crippen LogP contribution in [0.3, 0.4) is 0 Å². The first kappa shape index (κ1) is 11.1. The first-order valence-electron chi connectivity index (χ1n) is 4.60. The van der Waals surface area contributed by atoms with Gasteiger partial charge in [0.15, 0.2) is 0 Å². The summed E-state index contributed by atoms with van der Waals surface area (Å²) in [7, 11) is 0. The molecule has 4 nitrogen and oxygen atoms in total. The highest BCUT2D eigenvalue weighted by molar-refractivity contribution is 5.80. The molecular weight excluding hydrogens is 194 g/mol. The lowest BCUT2D eigenvalue weighted by atomic mass is 10.3. The fourth-order valence-electron chi connectivity index (χ4n) is 1.20. The van der Waals surface area contributed by atoms with Crippen molar-refractivity contribution >= 4 is 11.7 Å². The van der Waals surface area contributed by atoms with Crippen LogP contribution < -0.4 is 4.90 Å². The molecule has 2 N–H and O–H groups in total. The number of phenols is 1. The molecule has 0 aliphatic rings. The number of carboxylic acid groups (broad SMARTS) is 1. The Morgan fingerprint density at radius 2 is 2.27 bits per heavy atom. The molecule has 0 saturated carbocycles. The van der Waals surface area contributed by atoms with Crippen molar-refractivity contribution in [2.24, 2.45) is 0 Å². The number of rotatable bonds is 4. The van der Waals surface area contributed by atoms with Crippen LogP contribution >= 0.6 is 0 Å². The van der Waals surface area contributed by atoms with Crippen molar-refractivity contribution in [3.8, 4) is 5.75 Å². The maximum atomic E-state index is 10.4. The Morgan fingerprint density at radius 3 is 2.80 bits per heavy atom. The van der Waals surface area contributed by atoms with Crippen LogP contribution in [0.15, 0.2) is 36.5 Å². The number of aliphatic carboxylic acids is 1. The maximum Gasteiger partial charge on any atom is 0.329 e. The van der Waals surface area contributed by atoms with Crippen LogP contribution in [0.2, 0.25) is 0 Å². The van der Waals surface area contributed by atoms with Crippen LogP contribution in [0, 0.1) is 0 Å². The Balaban J connectivity index is 2.87. The molecule has 0 radical (unpaired) electrons. The van der Waals surface area contributed by atoms with Crippen LogP contribution in [0.5, 0.6) is 5.75 Å². The standard InChI is InChI=1S/C11H13NO3/c1-2-12(7-6-11(14)15)9-4-3-5-10(13)8-9/h3-8,13H,2H2,1H3,(H,14,15)/b7-6+. The Bertz CT molecular complexity index is 374. The molecule has 0 saturated heterocycles. The number of hydrogen-bond acceptors (Lipinski definition) is 3. The molecule has 0 spiro atoms. The van der Waals surface area contributed by atoms with Gasteiger partial charge in [-0.15, -0.1) is 0 Å². The third-order valence-corrected chi connectivity index (χ3v) is 1.90. The smallest absolute Gasteiger partial charge is 0.329 e. The number of carbonyl (C=O) groups is 1. The van der Waals surface area contributed by atoms with Gasteiger partial charge in [-0.3, -0.25) is 0 Å². The predicted molar refractivity (Wildman–Crippen MR) is 57.9 cm³/mol. The second-order valence-electron chi connectivity index (χ2n) is 2.96. The Kier molecular flexibility index (Phi) is 3.74. The van der Waals surface area contributed by atoms with Crippen molar-refractivity contribution in [1.29, 1.82) is 0 Å². The SMILES string of the molecule is CCN(/C=C/C(=O)O)c1cccc(O)c1. The Hall–Kier alpha value is -1.97. The van der Waals surface area contributed by atoms with Gasteiger partial charge in [-0.05, 0) is 19.1 Å². The van der Waals surface area contributed by atoms with Crippen LogP contribution in [0.4, 0.5) is 5.69 Å². The van der Waals surface area contributed by atoms with E-state index < -0.39 is 5.97 Å². The second-order valence-corrected chi connectivity index (χ2v) is 2.96. The number of carboxylic acids is 1. The van der Waals surface area contributed by atoms with Crippen LogP contribution in [-0.4, -0.2) is 22.7 Å². The second kappa shape index (κ2) is 5.05. The molecule has 1 aromatic rings. The fraction of sp³-hybridized carbons (Fsp3) is 0.182. The zero-order valence-electron chi connectivity index (χ0n) is 8.42. The molecule has 15 heavy (non-hydrogen) atoms. The monoisotopic (exact) mass is 207 g/mol. The number of benzene rings is 1. The Morgan fingerprint density at radius 1 is 1.53 bits per heavy atom. The van der Waals surface area contributed by atoms with Crippen LogP contribution in [0.1, 0.15) is 6.92 Å². The van der Waals surface area contributed by atoms with Gasteiger partial charge in [0.05, 0.1) is 0 Å². The highest BCUT2D eigenvalue weighted by Gasteiger charge is 2.01. The summed E-state index contributed by atoms with van der Waals surface area (Å²) in [6.07, 6.45) is 2.53. The summed E-state index contributed by atoms with van der Waals surface area (Å²) in [6, 6.07) is 6.66. The summed E-state index contributed by atoms with van der Waals surface area (Å²) in [5, 5.41) is 17.8. The van der Waals surface area contributed by atoms with Crippen LogP contribution in [-0.2, 0) is 4.79 Å². The van der Waals surface area contributed by atoms with Crippen molar-refractivity contribution in [1.82, 2.24) is 0 Å². The van der Waals surface area contributed by atoms with E-state index in [0.29, 0.717) is 6.54 Å². The van der Waals surface area contributed by atoms with E-state index in [1.165, 1.54) is 6.20 Å². The summed E-state index contributed by atoms with van der Waals surface area (Å²) in [5.74, 6) is -0.830. The third-order valence-electron chi connectivity index (χ3n) is 1.90. The number of aromatic hydroxyl groups is 1. The summed E-state index contributed by atoms with van der Waals surface area (Å²) < 4.78 is 0. The fourth-order valence-corrected chi connectivity index (χ4v) is 1.20. The molecular formula is C11H13NO3. The molecule has 0 aliphatic carbocycles. The molecule has 1 aromatic carbocycles. The van der Waals surface area contributed by atoms with Gasteiger partial charge in [-0.1, -0.05) is 6.07 Å². The summed E-state index contributed by atoms with van der Waals surface area (Å²) >= 11 is 0. The van der Waals surface area contributed by atoms with Gasteiger partial charge in [-0.25, -0.2) is 4.79 Å². The average Bonchev–Trinajstić information content (AvgIpc) is 2.18. The van der Waals surface area contributed by atoms with E-state index in [2.05, 4.69) is 0 Å². The lowest BCUT2D eigenvalue weighted by Gasteiger charge is -2.17. The molecule has 0 bridgehead atoms. The minimum absolute atomic E-state index is 0.162. The molecule has 0 heterocycles. The molecule has 0 fully saturated rings. The predicted octanol–water partition coefficient (Wildman–Crippen LogP) is 1.82. The molecule has 4 heteroatoms. The highest BCUT2D eigenvalue weighted by atomic mass is 16.4. The maximum absolute atomic E-state index is 10.4. The zero-order chi connectivity index (χ0) is 11.3. The number of anilines is 1. The molecule has 0 amide bonds. The van der Waals surface area contributed by atoms with E-state index in [0.717, 1.165) is 11.8 Å². The van der Waals surface area contributed by atoms with E-state index in [4.69, 9.17) is 5.11 Å². The van der Waals surface area contributed by atoms with E-state index in [1.54, 1.807) is 29.2 Å². The van der Waals surface area contributed by atoms with Crippen molar-refractivity contribution in [3.05, 3.63) is 36.5 Å². The van der Waals surface area contributed by atoms with Gasteiger partial charge in [0.25, 0.3) is 0 Å². The van der Waals surface area contributed by atoms with Crippen molar-refractivity contribution in [2.75, 3.05) is 11.4 Å². The quantitative estimate of drug-likeness (QED) is 0.739. The highest BCUT2D eigenvalue weighted by Crippen LogP contribution is 2.19. The summed E-state index contributed by atoms with van der Waals surface area (Å²) in [6.45, 7) is 2.53. The normalized spacial score (nSPS) is 10.5. The van der Waals surface area contributed by atoms with E-state index in [9.17, 15) is 9.90 Å². The minimum Gasteiger partial charge on any atom is -0.508 e. The molecule has 0 aromatic heterocycles. The van der Waals surface area contributed by atoms with Gasteiger partial charge in [0.1, 0.15) is 5.75 Å². The van der Waals surface area contributed by atoms with E-state index in [-0.39, 0.29) is 5.75 Å². The van der Waals surface area contributed by atoms with Gasteiger partial charge in [0, 0.05) is 30.6 Å². The first-order chi connectivity index (χ1) is 7.13. The molecule has 80 valence electrons. The molecule has 0 aliphatic heterocycles. The minimum atomic E-state index is -0.992. The number of hydrogen-bond donors (Lipinski definition) is 2. The van der Waals surface area contributed by atoms with Crippen molar-refractivity contribution in [3.63, 3.8) is 0 Å². The summed E-state index contributed by atoms with van der Waals surface area (Å²) in [5.41, 5.74) is 0.759. The van der Waals surface area contributed by atoms with Gasteiger partial charge < -0.3 is 15.1 Å². The lowest BCUT2D eigenvalue weighted by Crippen LogP contribution is -2.15. The topological polar surface area (TPSA) is 60.8 Å². The lowest BCUT2D eigenvalue weighted by molar-refractivity contribution is -0.131. The Labute approximate surface area is 88.1 Å². The first-order valence-corrected chi connectivity index (χ1v) is 4.60. The average molecular weight is 207 g/mol.